The first-order chi connectivity index (χ1) is 7.74. The van der Waals surface area contributed by atoms with Gasteiger partial charge in [-0.3, -0.25) is 0 Å². The summed E-state index contributed by atoms with van der Waals surface area (Å²) in [4.78, 5) is 1.55. The van der Waals surface area contributed by atoms with Gasteiger partial charge >= 0.3 is 0 Å². The maximum absolute atomic E-state index is 4.30. The highest BCUT2D eigenvalue weighted by atomic mass is 15.6. The Kier molecular flexibility index (Phi) is 3.53. The Labute approximate surface area is 96.6 Å². The van der Waals surface area contributed by atoms with Gasteiger partial charge in [-0.2, -0.15) is 4.80 Å². The van der Waals surface area contributed by atoms with Crippen molar-refractivity contribution in [2.75, 3.05) is 13.6 Å². The van der Waals surface area contributed by atoms with E-state index in [0.717, 1.165) is 18.8 Å². The highest BCUT2D eigenvalue weighted by Gasteiger charge is 2.32. The minimum Gasteiger partial charge on any atom is -0.319 e. The van der Waals surface area contributed by atoms with Crippen molar-refractivity contribution in [1.29, 1.82) is 0 Å². The zero-order chi connectivity index (χ0) is 11.4. The van der Waals surface area contributed by atoms with Crippen molar-refractivity contribution >= 4 is 0 Å². The van der Waals surface area contributed by atoms with E-state index in [-0.39, 0.29) is 0 Å². The van der Waals surface area contributed by atoms with Crippen molar-refractivity contribution in [3.8, 4) is 0 Å². The van der Waals surface area contributed by atoms with E-state index in [9.17, 15) is 0 Å². The first-order valence-corrected chi connectivity index (χ1v) is 6.12. The lowest BCUT2D eigenvalue weighted by molar-refractivity contribution is 0.181. The predicted octanol–water partition coefficient (Wildman–Crippen LogP) is 0.922. The molecule has 1 aliphatic carbocycles. The van der Waals surface area contributed by atoms with Crippen molar-refractivity contribution in [3.63, 3.8) is 0 Å². The van der Waals surface area contributed by atoms with Crippen LogP contribution in [0.5, 0.6) is 0 Å². The molecule has 0 unspecified atom stereocenters. The molecule has 5 nitrogen and oxygen atoms in total. The molecule has 0 atom stereocenters. The molecule has 1 saturated carbocycles. The van der Waals surface area contributed by atoms with E-state index in [1.165, 1.54) is 32.1 Å². The van der Waals surface area contributed by atoms with Gasteiger partial charge in [0, 0.05) is 13.0 Å². The first kappa shape index (κ1) is 11.5. The normalized spacial score (nSPS) is 19.9. The van der Waals surface area contributed by atoms with Crippen LogP contribution in [0.1, 0.15) is 37.9 Å². The maximum atomic E-state index is 4.30. The van der Waals surface area contributed by atoms with Crippen molar-refractivity contribution in [1.82, 2.24) is 25.5 Å². The Balaban J connectivity index is 2.06. The molecule has 0 aliphatic heterocycles. The molecule has 0 aromatic carbocycles. The fourth-order valence-electron chi connectivity index (χ4n) is 2.82. The number of nitrogens with one attached hydrogen (secondary N) is 1. The fraction of sp³-hybridized carbons (Fsp3) is 0.909. The summed E-state index contributed by atoms with van der Waals surface area (Å²) >= 11 is 0. The summed E-state index contributed by atoms with van der Waals surface area (Å²) in [5, 5.41) is 15.6. The van der Waals surface area contributed by atoms with Gasteiger partial charge in [-0.15, -0.1) is 10.2 Å². The predicted molar refractivity (Wildman–Crippen MR) is 61.9 cm³/mol. The summed E-state index contributed by atoms with van der Waals surface area (Å²) in [7, 11) is 3.85. The minimum atomic E-state index is 0.357. The second-order valence-corrected chi connectivity index (χ2v) is 4.96. The monoisotopic (exact) mass is 223 g/mol. The van der Waals surface area contributed by atoms with Crippen molar-refractivity contribution in [2.24, 2.45) is 12.5 Å². The Bertz CT molecular complexity index is 321. The molecule has 5 heteroatoms. The topological polar surface area (TPSA) is 55.6 Å². The van der Waals surface area contributed by atoms with Crippen LogP contribution < -0.4 is 5.32 Å². The zero-order valence-corrected chi connectivity index (χ0v) is 10.2. The largest absolute Gasteiger partial charge is 0.319 e. The van der Waals surface area contributed by atoms with E-state index in [1.54, 1.807) is 4.80 Å². The van der Waals surface area contributed by atoms with Gasteiger partial charge in [0.15, 0.2) is 5.82 Å². The number of nitrogens with zero attached hydrogens (tertiary/aromatic N) is 4. The molecule has 0 bridgehead atoms. The van der Waals surface area contributed by atoms with E-state index in [0.29, 0.717) is 5.41 Å². The number of hydrogen-bond acceptors (Lipinski definition) is 4. The molecule has 90 valence electrons. The standard InChI is InChI=1S/C11H21N5/c1-12-9-11(6-4-3-5-7-11)8-10-13-15-16(2)14-10/h12H,3-9H2,1-2H3. The van der Waals surface area contributed by atoms with Gasteiger partial charge in [0.25, 0.3) is 0 Å². The lowest BCUT2D eigenvalue weighted by Gasteiger charge is -2.36. The molecular formula is C11H21N5. The van der Waals surface area contributed by atoms with Crippen LogP contribution in [0, 0.1) is 5.41 Å². The first-order valence-electron chi connectivity index (χ1n) is 6.12. The third-order valence-electron chi connectivity index (χ3n) is 3.55. The SMILES string of the molecule is CNCC1(Cc2nnn(C)n2)CCCCC1. The summed E-state index contributed by atoms with van der Waals surface area (Å²) in [6.45, 7) is 1.06. The highest BCUT2D eigenvalue weighted by Crippen LogP contribution is 2.37. The smallest absolute Gasteiger partial charge is 0.175 e. The van der Waals surface area contributed by atoms with Gasteiger partial charge in [-0.25, -0.2) is 0 Å². The van der Waals surface area contributed by atoms with E-state index < -0.39 is 0 Å². The summed E-state index contributed by atoms with van der Waals surface area (Å²) < 4.78 is 0. The van der Waals surface area contributed by atoms with Gasteiger partial charge in [-0.1, -0.05) is 19.3 Å². The summed E-state index contributed by atoms with van der Waals surface area (Å²) in [5.41, 5.74) is 0.357. The van der Waals surface area contributed by atoms with Crippen molar-refractivity contribution in [3.05, 3.63) is 5.82 Å². The van der Waals surface area contributed by atoms with E-state index in [4.69, 9.17) is 0 Å². The zero-order valence-electron chi connectivity index (χ0n) is 10.2. The highest BCUT2D eigenvalue weighted by molar-refractivity contribution is 4.93. The van der Waals surface area contributed by atoms with Gasteiger partial charge in [0.05, 0.1) is 7.05 Å². The summed E-state index contributed by atoms with van der Waals surface area (Å²) in [6.07, 6.45) is 7.57. The summed E-state index contributed by atoms with van der Waals surface area (Å²) in [6, 6.07) is 0. The lowest BCUT2D eigenvalue weighted by atomic mass is 9.71. The van der Waals surface area contributed by atoms with E-state index >= 15 is 0 Å². The quantitative estimate of drug-likeness (QED) is 0.824. The lowest BCUT2D eigenvalue weighted by Crippen LogP contribution is -2.36. The molecule has 1 N–H and O–H groups in total. The van der Waals surface area contributed by atoms with Crippen LogP contribution in [0.2, 0.25) is 0 Å². The van der Waals surface area contributed by atoms with Crippen LogP contribution in [-0.2, 0) is 13.5 Å². The van der Waals surface area contributed by atoms with Gasteiger partial charge < -0.3 is 5.32 Å². The summed E-state index contributed by atoms with van der Waals surface area (Å²) in [5.74, 6) is 0.889. The molecule has 0 saturated heterocycles. The van der Waals surface area contributed by atoms with Crippen molar-refractivity contribution < 1.29 is 0 Å². The Morgan fingerprint density at radius 1 is 1.31 bits per heavy atom. The molecule has 1 aromatic rings. The van der Waals surface area contributed by atoms with Gasteiger partial charge in [0.1, 0.15) is 0 Å². The van der Waals surface area contributed by atoms with Crippen LogP contribution in [0.15, 0.2) is 0 Å². The number of tetrazole rings is 1. The van der Waals surface area contributed by atoms with E-state index in [1.807, 2.05) is 14.1 Å². The molecule has 16 heavy (non-hydrogen) atoms. The van der Waals surface area contributed by atoms with Crippen LogP contribution in [0.3, 0.4) is 0 Å². The maximum Gasteiger partial charge on any atom is 0.175 e. The van der Waals surface area contributed by atoms with Crippen LogP contribution in [0.4, 0.5) is 0 Å². The van der Waals surface area contributed by atoms with Gasteiger partial charge in [0.2, 0.25) is 0 Å². The number of hydrogen-bond donors (Lipinski definition) is 1. The minimum absolute atomic E-state index is 0.357. The van der Waals surface area contributed by atoms with Crippen LogP contribution in [-0.4, -0.2) is 33.8 Å². The Morgan fingerprint density at radius 2 is 2.06 bits per heavy atom. The second-order valence-electron chi connectivity index (χ2n) is 4.96. The molecule has 0 amide bonds. The Morgan fingerprint density at radius 3 is 2.62 bits per heavy atom. The molecule has 1 aliphatic rings. The van der Waals surface area contributed by atoms with E-state index in [2.05, 4.69) is 20.7 Å². The van der Waals surface area contributed by atoms with Crippen LogP contribution in [0.25, 0.3) is 0 Å². The third kappa shape index (κ3) is 2.58. The fourth-order valence-corrected chi connectivity index (χ4v) is 2.82. The number of aryl methyl sites for hydroxylation is 1. The second kappa shape index (κ2) is 4.91. The number of aromatic nitrogens is 4. The molecule has 1 fully saturated rings. The molecular weight excluding hydrogens is 202 g/mol. The molecule has 0 spiro atoms. The molecule has 2 rings (SSSR count). The molecule has 1 aromatic heterocycles. The Hall–Kier alpha value is -0.970. The van der Waals surface area contributed by atoms with Crippen LogP contribution >= 0.6 is 0 Å². The average Bonchev–Trinajstić information content (AvgIpc) is 2.65. The van der Waals surface area contributed by atoms with Crippen molar-refractivity contribution in [2.45, 2.75) is 38.5 Å². The average molecular weight is 223 g/mol. The van der Waals surface area contributed by atoms with Gasteiger partial charge in [-0.05, 0) is 30.5 Å². The molecule has 1 heterocycles. The third-order valence-corrected chi connectivity index (χ3v) is 3.55. The number of rotatable bonds is 4. The molecule has 0 radical (unpaired) electrons.